The topological polar surface area (TPSA) is 92.6 Å². The summed E-state index contributed by atoms with van der Waals surface area (Å²) in [4.78, 5) is 9.84. The van der Waals surface area contributed by atoms with E-state index in [2.05, 4.69) is 20.7 Å². The Morgan fingerprint density at radius 1 is 1.45 bits per heavy atom. The van der Waals surface area contributed by atoms with Crippen LogP contribution in [0, 0.1) is 10.1 Å². The van der Waals surface area contributed by atoms with Crippen LogP contribution in [0.1, 0.15) is 19.8 Å². The molecule has 0 fully saturated rings. The van der Waals surface area contributed by atoms with Crippen LogP contribution in [0.2, 0.25) is 0 Å². The van der Waals surface area contributed by atoms with E-state index in [9.17, 15) is 10.1 Å². The minimum Gasteiger partial charge on any atom is -0.260 e. The van der Waals surface area contributed by atoms with Gasteiger partial charge in [-0.15, -0.1) is 0 Å². The molecule has 1 aliphatic rings. The lowest BCUT2D eigenvalue weighted by Crippen LogP contribution is -2.31. The molecule has 0 aliphatic carbocycles. The predicted octanol–water partition coefficient (Wildman–Crippen LogP) is 1.55. The number of nitrogens with zero attached hydrogens (tertiary/aromatic N) is 5. The Balaban J connectivity index is 2.80. The van der Waals surface area contributed by atoms with Gasteiger partial charge in [0.05, 0.1) is 11.3 Å². The summed E-state index contributed by atoms with van der Waals surface area (Å²) in [6, 6.07) is 0. The molecule has 0 saturated carbocycles. The summed E-state index contributed by atoms with van der Waals surface area (Å²) in [5, 5.41) is 23.3. The van der Waals surface area contributed by atoms with Crippen molar-refractivity contribution in [3.8, 4) is 0 Å². The summed E-state index contributed by atoms with van der Waals surface area (Å²) >= 11 is 0. The first kappa shape index (κ1) is 7.70. The number of hydrogen-bond acceptors (Lipinski definition) is 6. The number of hydrogen-bond donors (Lipinski definition) is 0. The fraction of sp³-hybridized carbons (Fsp3) is 1.00. The van der Waals surface area contributed by atoms with E-state index in [1.54, 1.807) is 0 Å². The fourth-order valence-corrected chi connectivity index (χ4v) is 0.803. The molecule has 60 valence electrons. The molecule has 0 radical (unpaired) electrons. The van der Waals surface area contributed by atoms with E-state index in [4.69, 9.17) is 0 Å². The van der Waals surface area contributed by atoms with E-state index in [0.29, 0.717) is 6.42 Å². The molecule has 7 nitrogen and oxygen atoms in total. The SMILES string of the molecule is CCCC1([N+](=O)[O-])N=NN=N1. The fourth-order valence-electron chi connectivity index (χ4n) is 0.803. The second-order valence-corrected chi connectivity index (χ2v) is 2.16. The van der Waals surface area contributed by atoms with Gasteiger partial charge in [0.2, 0.25) is 0 Å². The molecule has 0 aromatic heterocycles. The maximum Gasteiger partial charge on any atom is 0.447 e. The van der Waals surface area contributed by atoms with Crippen LogP contribution in [0.3, 0.4) is 0 Å². The van der Waals surface area contributed by atoms with Crippen LogP contribution in [0.25, 0.3) is 0 Å². The second-order valence-electron chi connectivity index (χ2n) is 2.16. The quantitative estimate of drug-likeness (QED) is 0.459. The van der Waals surface area contributed by atoms with Gasteiger partial charge >= 0.3 is 5.79 Å². The van der Waals surface area contributed by atoms with Crippen LogP contribution in [-0.2, 0) is 0 Å². The molecule has 7 heteroatoms. The Labute approximate surface area is 62.3 Å². The molecular formula is C4H7N5O2. The molecule has 0 saturated heterocycles. The molecule has 11 heavy (non-hydrogen) atoms. The lowest BCUT2D eigenvalue weighted by Gasteiger charge is -2.07. The summed E-state index contributed by atoms with van der Waals surface area (Å²) in [5.41, 5.74) is 0. The smallest absolute Gasteiger partial charge is 0.260 e. The van der Waals surface area contributed by atoms with Crippen molar-refractivity contribution in [1.82, 2.24) is 0 Å². The Hall–Kier alpha value is -1.40. The normalized spacial score (nSPS) is 19.0. The first-order valence-electron chi connectivity index (χ1n) is 3.20. The Kier molecular flexibility index (Phi) is 1.88. The van der Waals surface area contributed by atoms with E-state index >= 15 is 0 Å². The van der Waals surface area contributed by atoms with Gasteiger partial charge in [0, 0.05) is 0 Å². The molecule has 0 amide bonds. The molecule has 0 aromatic carbocycles. The summed E-state index contributed by atoms with van der Waals surface area (Å²) in [6.07, 6.45) is 0.867. The van der Waals surface area contributed by atoms with Crippen molar-refractivity contribution in [2.45, 2.75) is 25.6 Å². The first-order chi connectivity index (χ1) is 5.21. The van der Waals surface area contributed by atoms with Crippen LogP contribution >= 0.6 is 0 Å². The monoisotopic (exact) mass is 157 g/mol. The van der Waals surface area contributed by atoms with Crippen LogP contribution in [0.15, 0.2) is 20.7 Å². The zero-order valence-corrected chi connectivity index (χ0v) is 5.97. The minimum atomic E-state index is -1.62. The minimum absolute atomic E-state index is 0.243. The van der Waals surface area contributed by atoms with Crippen molar-refractivity contribution >= 4 is 0 Å². The van der Waals surface area contributed by atoms with Crippen molar-refractivity contribution in [3.05, 3.63) is 10.1 Å². The highest BCUT2D eigenvalue weighted by atomic mass is 16.6. The Morgan fingerprint density at radius 2 is 2.00 bits per heavy atom. The third-order valence-corrected chi connectivity index (χ3v) is 1.33. The largest absolute Gasteiger partial charge is 0.447 e. The number of nitro groups is 1. The third kappa shape index (κ3) is 1.21. The third-order valence-electron chi connectivity index (χ3n) is 1.33. The van der Waals surface area contributed by atoms with Crippen molar-refractivity contribution in [2.24, 2.45) is 20.7 Å². The Bertz CT molecular complexity index is 211. The predicted molar refractivity (Wildman–Crippen MR) is 34.3 cm³/mol. The molecule has 1 rings (SSSR count). The molecule has 1 heterocycles. The summed E-state index contributed by atoms with van der Waals surface area (Å²) in [5.74, 6) is -1.62. The highest BCUT2D eigenvalue weighted by Gasteiger charge is 2.45. The lowest BCUT2D eigenvalue weighted by atomic mass is 10.2. The summed E-state index contributed by atoms with van der Waals surface area (Å²) in [6.45, 7) is 1.81. The highest BCUT2D eigenvalue weighted by molar-refractivity contribution is 4.71. The van der Waals surface area contributed by atoms with Crippen molar-refractivity contribution in [2.75, 3.05) is 0 Å². The average molecular weight is 157 g/mol. The van der Waals surface area contributed by atoms with E-state index < -0.39 is 10.7 Å². The van der Waals surface area contributed by atoms with Crippen LogP contribution in [0.4, 0.5) is 0 Å². The summed E-state index contributed by atoms with van der Waals surface area (Å²) in [7, 11) is 0. The molecule has 1 aliphatic heterocycles. The van der Waals surface area contributed by atoms with Crippen molar-refractivity contribution in [1.29, 1.82) is 0 Å². The van der Waals surface area contributed by atoms with Gasteiger partial charge in [-0.3, -0.25) is 10.1 Å². The molecule has 0 spiro atoms. The highest BCUT2D eigenvalue weighted by Crippen LogP contribution is 2.25. The van der Waals surface area contributed by atoms with Crippen molar-refractivity contribution in [3.63, 3.8) is 0 Å². The summed E-state index contributed by atoms with van der Waals surface area (Å²) < 4.78 is 0. The van der Waals surface area contributed by atoms with Gasteiger partial charge in [0.25, 0.3) is 0 Å². The number of rotatable bonds is 3. The van der Waals surface area contributed by atoms with E-state index in [0.717, 1.165) is 0 Å². The van der Waals surface area contributed by atoms with Gasteiger partial charge in [-0.25, -0.2) is 0 Å². The van der Waals surface area contributed by atoms with Gasteiger partial charge < -0.3 is 0 Å². The Morgan fingerprint density at radius 3 is 2.36 bits per heavy atom. The molecule has 0 unspecified atom stereocenters. The molecular weight excluding hydrogens is 150 g/mol. The van der Waals surface area contributed by atoms with Crippen LogP contribution < -0.4 is 0 Å². The van der Waals surface area contributed by atoms with Crippen LogP contribution in [0.5, 0.6) is 0 Å². The average Bonchev–Trinajstić information content (AvgIpc) is 2.38. The standard InChI is InChI=1S/C4H7N5O2/c1-2-3-4(9(10)11)5-7-8-6-4/h2-3H2,1H3. The van der Waals surface area contributed by atoms with E-state index in [-0.39, 0.29) is 6.42 Å². The maximum atomic E-state index is 10.4. The molecule has 0 bridgehead atoms. The van der Waals surface area contributed by atoms with Crippen molar-refractivity contribution < 1.29 is 4.92 Å². The van der Waals surface area contributed by atoms with E-state index in [1.807, 2.05) is 6.92 Å². The van der Waals surface area contributed by atoms with Gasteiger partial charge in [0.15, 0.2) is 0 Å². The zero-order valence-electron chi connectivity index (χ0n) is 5.97. The van der Waals surface area contributed by atoms with E-state index in [1.165, 1.54) is 0 Å². The first-order valence-corrected chi connectivity index (χ1v) is 3.20. The molecule has 0 atom stereocenters. The van der Waals surface area contributed by atoms with Gasteiger partial charge in [-0.1, -0.05) is 17.2 Å². The molecule has 0 N–H and O–H groups in total. The van der Waals surface area contributed by atoms with Gasteiger partial charge in [-0.2, -0.15) is 0 Å². The second kappa shape index (κ2) is 2.69. The van der Waals surface area contributed by atoms with Crippen LogP contribution in [-0.4, -0.2) is 10.7 Å². The van der Waals surface area contributed by atoms with Gasteiger partial charge in [0.1, 0.15) is 0 Å². The molecule has 0 aromatic rings. The maximum absolute atomic E-state index is 10.4. The van der Waals surface area contributed by atoms with Gasteiger partial charge in [-0.05, 0) is 16.9 Å². The lowest BCUT2D eigenvalue weighted by molar-refractivity contribution is -0.568. The zero-order chi connectivity index (χ0) is 8.32.